The van der Waals surface area contributed by atoms with Gasteiger partial charge in [-0.05, 0) is 120 Å². The molecular formula is C85H121BrClF20NaO7S5. The van der Waals surface area contributed by atoms with E-state index in [4.69, 9.17) is 32.7 Å². The zero-order valence-corrected chi connectivity index (χ0v) is 77.4. The van der Waals surface area contributed by atoms with Crippen LogP contribution >= 0.6 is 68.4 Å². The molecule has 688 valence electrons. The summed E-state index contributed by atoms with van der Waals surface area (Å²) in [6.45, 7) is 1.58. The van der Waals surface area contributed by atoms with Crippen LogP contribution in [0.1, 0.15) is 180 Å². The molecule has 7 nitrogen and oxygen atoms in total. The maximum atomic E-state index is 11.9. The number of methoxy groups -OCH3 is 2. The maximum Gasteiger partial charge on any atom is 1.00 e. The van der Waals surface area contributed by atoms with E-state index in [0.717, 1.165) is 141 Å². The van der Waals surface area contributed by atoms with Gasteiger partial charge in [-0.15, -0.1) is 11.6 Å². The van der Waals surface area contributed by atoms with Gasteiger partial charge in [-0.2, -0.15) is 0 Å². The molecule has 0 saturated heterocycles. The summed E-state index contributed by atoms with van der Waals surface area (Å²) >= 11 is 7.94. The van der Waals surface area contributed by atoms with Gasteiger partial charge in [-0.1, -0.05) is 415 Å². The minimum absolute atomic E-state index is 0. The number of benzene rings is 8. The molecule has 0 saturated carbocycles. The Morgan fingerprint density at radius 2 is 0.442 bits per heavy atom. The largest absolute Gasteiger partial charge is 1.00 e. The van der Waals surface area contributed by atoms with Crippen LogP contribution in [0.25, 0.3) is 43.1 Å². The molecule has 0 aliphatic carbocycles. The molecule has 120 heavy (non-hydrogen) atoms. The Morgan fingerprint density at radius 3 is 0.575 bits per heavy atom. The number of fused-ring (bicyclic) bond motifs is 4. The molecule has 0 atom stereocenters. The van der Waals surface area contributed by atoms with Crippen LogP contribution in [0.15, 0.2) is 240 Å². The second kappa shape index (κ2) is 57.8. The fourth-order valence-electron chi connectivity index (χ4n) is 10.1. The van der Waals surface area contributed by atoms with Crippen molar-refractivity contribution in [2.45, 2.75) is 180 Å². The van der Waals surface area contributed by atoms with E-state index in [9.17, 15) is 77.7 Å². The van der Waals surface area contributed by atoms with Gasteiger partial charge in [0.15, 0.2) is 0 Å². The quantitative estimate of drug-likeness (QED) is 0.0130. The van der Waals surface area contributed by atoms with E-state index in [1.807, 2.05) is 0 Å². The van der Waals surface area contributed by atoms with Crippen molar-refractivity contribution in [1.29, 1.82) is 0 Å². The summed E-state index contributed by atoms with van der Waals surface area (Å²) in [6.07, 6.45) is 24.7. The molecule has 8 aromatic rings. The first-order chi connectivity index (χ1) is 55.0. The molecule has 0 spiro atoms. The first-order valence-corrected chi connectivity index (χ1v) is 50.1. The van der Waals surface area contributed by atoms with Crippen molar-refractivity contribution in [3.63, 3.8) is 0 Å². The number of allylic oxidation sites excluding steroid dienone is 4. The van der Waals surface area contributed by atoms with Crippen LogP contribution in [-0.2, 0) is 19.6 Å². The monoisotopic (exact) mass is 1930 g/mol. The Balaban J connectivity index is -0.000000636. The van der Waals surface area contributed by atoms with Gasteiger partial charge in [0.05, 0.1) is 31.8 Å². The molecule has 0 aliphatic rings. The normalized spacial score (nSPS) is 13.8. The van der Waals surface area contributed by atoms with Crippen LogP contribution in [0, 0.1) is 0 Å². The van der Waals surface area contributed by atoms with E-state index in [-0.39, 0.29) is 61.8 Å². The minimum atomic E-state index is -9.34. The predicted octanol–water partition coefficient (Wildman–Crippen LogP) is 32.8. The summed E-state index contributed by atoms with van der Waals surface area (Å²) in [5.74, 6) is 0. The number of alkyl halides is 2. The molecule has 2 N–H and O–H groups in total. The number of ether oxygens (including phenoxy) is 2. The van der Waals surface area contributed by atoms with Crippen LogP contribution in [0.5, 0.6) is 0 Å². The van der Waals surface area contributed by atoms with E-state index in [1.165, 1.54) is 49.5 Å². The first kappa shape index (κ1) is 122. The fourth-order valence-corrected chi connectivity index (χ4v) is 12.5. The van der Waals surface area contributed by atoms with Crippen LogP contribution in [0.2, 0.25) is 0 Å². The van der Waals surface area contributed by atoms with Crippen LogP contribution < -0.4 is 29.6 Å². The third kappa shape index (κ3) is 91.0. The number of hydrogen-bond donors (Lipinski definition) is 2. The molecule has 8 aromatic carbocycles. The molecule has 0 fully saturated rings. The summed E-state index contributed by atoms with van der Waals surface area (Å²) in [5.41, 5.74) is 0. The summed E-state index contributed by atoms with van der Waals surface area (Å²) < 4.78 is 274. The Labute approximate surface area is 734 Å². The van der Waals surface area contributed by atoms with E-state index >= 15 is 0 Å². The fraction of sp³-hybridized carbons (Fsp3) is 0.435. The van der Waals surface area contributed by atoms with Crippen molar-refractivity contribution >= 4 is 122 Å². The molecule has 0 bridgehead atoms. The Morgan fingerprint density at radius 1 is 0.308 bits per heavy atom. The van der Waals surface area contributed by atoms with Gasteiger partial charge in [0.2, 0.25) is 0 Å². The Bertz CT molecular complexity index is 3540. The number of halogens is 22. The molecule has 0 unspecified atom stereocenters. The third-order valence-corrected chi connectivity index (χ3v) is 18.9. The third-order valence-electron chi connectivity index (χ3n) is 15.5. The summed E-state index contributed by atoms with van der Waals surface area (Å²) in [6, 6.07) is 66.9. The number of rotatable bonds is 38. The van der Waals surface area contributed by atoms with Crippen LogP contribution in [-0.4, -0.2) is 82.3 Å². The zero-order valence-electron chi connectivity index (χ0n) is 69.0. The Hall–Kier alpha value is -4.72. The van der Waals surface area contributed by atoms with Crippen molar-refractivity contribution in [2.24, 2.45) is 0 Å². The van der Waals surface area contributed by atoms with Gasteiger partial charge in [0.25, 0.3) is 0 Å². The topological polar surface area (TPSA) is 116 Å². The second-order valence-electron chi connectivity index (χ2n) is 26.7. The molecule has 0 radical (unpaired) electrons. The molecule has 8 rings (SSSR count). The first-order valence-electron chi connectivity index (χ1n) is 38.3. The number of unbranched alkanes of at least 4 members (excludes halogenated alkanes) is 24. The number of aliphatic hydroxyl groups excluding tert-OH is 2. The van der Waals surface area contributed by atoms with E-state index in [2.05, 4.69) is 222 Å². The standard InChI is InChI=1S/2C11H21F5OS.C10H18BrF5S.C10H19F5OS.4C10H8.CH3Cl.CH4O3S.CH4O.Na/c2*1-17-10-8-6-4-2-3-5-7-9-11-18(12,13,14,15)16;11-9-7-5-3-1-2-4-6-8-10-17(12,13,14,15)16;11-17(12,13,14,15)10-8-6-4-2-1-3-5-7-9-16;4*1-2-6-10-8-4-3-7-9(10)5-1;1-2;1-5(2,3)4;1-2;/h2*9,11H,2-8,10H2,1H3;8,10H,1-7,9H2;8,10,16H,1-7,9H2;4*1-8H;1H3;1H3,(H,2,3,4);2H,1H3;/q;;;;;;;;;;;+1/p-1/b2*11-9+;2*10-8+;;;;;;;;. The van der Waals surface area contributed by atoms with Crippen molar-refractivity contribution in [2.75, 3.05) is 59.1 Å². The van der Waals surface area contributed by atoms with E-state index < -0.39 is 72.6 Å². The van der Waals surface area contributed by atoms with Crippen LogP contribution in [0.4, 0.5) is 77.7 Å². The van der Waals surface area contributed by atoms with Gasteiger partial charge in [-0.3, -0.25) is 0 Å². The zero-order chi connectivity index (χ0) is 91.1. The second-order valence-corrected chi connectivity index (χ2v) is 38.3. The molecule has 0 aromatic heterocycles. The summed E-state index contributed by atoms with van der Waals surface area (Å²) in [5, 5.41) is 23.5. The van der Waals surface area contributed by atoms with Crippen LogP contribution in [0.3, 0.4) is 0 Å². The van der Waals surface area contributed by atoms with Gasteiger partial charge >= 0.3 is 70.5 Å². The van der Waals surface area contributed by atoms with Crippen molar-refractivity contribution in [1.82, 2.24) is 0 Å². The van der Waals surface area contributed by atoms with Gasteiger partial charge in [0.1, 0.15) is 0 Å². The van der Waals surface area contributed by atoms with E-state index in [0.29, 0.717) is 69.5 Å². The van der Waals surface area contributed by atoms with Gasteiger partial charge < -0.3 is 24.2 Å². The predicted molar refractivity (Wildman–Crippen MR) is 474 cm³/mol. The summed E-state index contributed by atoms with van der Waals surface area (Å²) in [7, 11) is -37.0. The minimum Gasteiger partial charge on any atom is -0.748 e. The molecule has 0 amide bonds. The SMILES string of the molecule is CCl.CO.COCCCCCCCC/C=C/S(F)(F)(F)(F)F.COCCCCCCCC/C=C/S(F)(F)(F)(F)F.CS(=O)(=O)[O-].FS(F)(F)(F)(F)/C=C/CCCCCCCCBr.OCCCCCCCC/C=C/S(F)(F)(F)(F)F.[Na+].c1ccc2ccccc2c1.c1ccc2ccccc2c1.c1ccc2ccccc2c1.c1ccc2ccccc2c1. The number of hydrogen-bond acceptors (Lipinski definition) is 7. The molecule has 0 heterocycles. The van der Waals surface area contributed by atoms with Crippen molar-refractivity contribution < 1.29 is 140 Å². The van der Waals surface area contributed by atoms with Crippen molar-refractivity contribution in [3.05, 3.63) is 240 Å². The molecular weight excluding hydrogens is 1810 g/mol. The average molecular weight is 1930 g/mol. The maximum absolute atomic E-state index is 11.9. The smallest absolute Gasteiger partial charge is 0.748 e. The molecule has 0 aliphatic heterocycles. The molecule has 35 heteroatoms. The number of aliphatic hydroxyl groups is 2. The van der Waals surface area contributed by atoms with E-state index in [1.54, 1.807) is 14.2 Å². The summed E-state index contributed by atoms with van der Waals surface area (Å²) in [4.78, 5) is 0. The average Bonchev–Trinajstić information content (AvgIpc) is 0.782. The van der Waals surface area contributed by atoms with Gasteiger partial charge in [-0.25, -0.2) is 8.42 Å². The Kier molecular flexibility index (Phi) is 58.6. The van der Waals surface area contributed by atoms with Crippen molar-refractivity contribution in [3.8, 4) is 0 Å². The van der Waals surface area contributed by atoms with Gasteiger partial charge in [0, 0.05) is 59.1 Å².